The molecule has 0 heterocycles. The van der Waals surface area contributed by atoms with Gasteiger partial charge in [0.25, 0.3) is 0 Å². The van der Waals surface area contributed by atoms with Crippen molar-refractivity contribution in [2.75, 3.05) is 32.2 Å². The minimum Gasteiger partial charge on any atom is -0.481 e. The van der Waals surface area contributed by atoms with Gasteiger partial charge in [0.15, 0.2) is 6.10 Å². The highest BCUT2D eigenvalue weighted by Gasteiger charge is 2.29. The number of nitrogens with two attached hydrogens (primary N) is 1. The van der Waals surface area contributed by atoms with E-state index in [1.807, 2.05) is 18.2 Å². The van der Waals surface area contributed by atoms with Crippen LogP contribution in [0.5, 0.6) is 0 Å². The Balaban J connectivity index is 5.31. The van der Waals surface area contributed by atoms with Crippen molar-refractivity contribution in [3.63, 3.8) is 0 Å². The largest absolute Gasteiger partial charge is 0.481 e. The van der Waals surface area contributed by atoms with Crippen LogP contribution in [0.15, 0.2) is 72.9 Å². The molecular formula is C49H85NO16P2S. The third-order valence-electron chi connectivity index (χ3n) is 10.1. The lowest BCUT2D eigenvalue weighted by atomic mass is 10.1. The molecule has 8 N–H and O–H groups in total. The number of rotatable bonds is 46. The van der Waals surface area contributed by atoms with Gasteiger partial charge < -0.3 is 45.2 Å². The number of carbonyl (C=O) groups excluding carboxylic acids is 2. The van der Waals surface area contributed by atoms with Crippen LogP contribution in [0.4, 0.5) is 0 Å². The van der Waals surface area contributed by atoms with Crippen molar-refractivity contribution in [3.05, 3.63) is 72.9 Å². The molecule has 0 aliphatic carbocycles. The molecule has 69 heavy (non-hydrogen) atoms. The molecule has 0 aromatic carbocycles. The first kappa shape index (κ1) is 66.3. The van der Waals surface area contributed by atoms with E-state index < -0.39 is 89.6 Å². The van der Waals surface area contributed by atoms with Crippen LogP contribution in [0.25, 0.3) is 0 Å². The van der Waals surface area contributed by atoms with E-state index in [1.165, 1.54) is 38.5 Å². The SMILES string of the molecule is CCCCC/C=C\C\C=C/C=C/C=C/[C@@H](SC[C@H](N)C(=O)OC[C@H](COP(=O)(O)OC[C@@H](O)COP(=O)(O)O)OC(=O)CCCCCCCCC/C=C\C/C=C\CCCCC)[C@@H](O)CCCC(=O)O. The van der Waals surface area contributed by atoms with E-state index in [-0.39, 0.29) is 31.4 Å². The van der Waals surface area contributed by atoms with Gasteiger partial charge in [0.2, 0.25) is 0 Å². The third-order valence-corrected chi connectivity index (χ3v) is 12.9. The molecule has 398 valence electrons. The zero-order valence-electron chi connectivity index (χ0n) is 41.1. The molecule has 0 aliphatic rings. The van der Waals surface area contributed by atoms with Crippen LogP contribution in [0.2, 0.25) is 0 Å². The zero-order valence-corrected chi connectivity index (χ0v) is 43.7. The molecule has 6 atom stereocenters. The molecule has 1 unspecified atom stereocenters. The number of phosphoric acid groups is 2. The number of carboxylic acids is 1. The Bertz CT molecular complexity index is 1620. The van der Waals surface area contributed by atoms with Crippen molar-refractivity contribution in [2.45, 2.75) is 185 Å². The Hall–Kier alpha value is -2.70. The van der Waals surface area contributed by atoms with Crippen LogP contribution < -0.4 is 5.73 Å². The van der Waals surface area contributed by atoms with Gasteiger partial charge in [0.05, 0.1) is 25.9 Å². The number of hydrogen-bond donors (Lipinski definition) is 7. The Labute approximate surface area is 415 Å². The summed E-state index contributed by atoms with van der Waals surface area (Å²) in [7, 11) is -9.88. The summed E-state index contributed by atoms with van der Waals surface area (Å²) in [5, 5.41) is 29.2. The van der Waals surface area contributed by atoms with E-state index in [2.05, 4.69) is 54.8 Å². The van der Waals surface area contributed by atoms with Gasteiger partial charge in [-0.25, -0.2) is 9.13 Å². The predicted octanol–water partition coefficient (Wildman–Crippen LogP) is 9.88. The van der Waals surface area contributed by atoms with E-state index in [0.29, 0.717) is 6.42 Å². The van der Waals surface area contributed by atoms with Crippen molar-refractivity contribution < 1.29 is 76.6 Å². The summed E-state index contributed by atoms with van der Waals surface area (Å²) >= 11 is 1.16. The maximum atomic E-state index is 13.1. The van der Waals surface area contributed by atoms with E-state index in [4.69, 9.17) is 39.1 Å². The molecule has 17 nitrogen and oxygen atoms in total. The number of esters is 2. The summed E-state index contributed by atoms with van der Waals surface area (Å²) in [4.78, 5) is 64.8. The number of unbranched alkanes of at least 4 members (excludes halogenated alkanes) is 13. The Kier molecular flexibility index (Phi) is 42.3. The van der Waals surface area contributed by atoms with Gasteiger partial charge in [-0.15, -0.1) is 11.8 Å². The summed E-state index contributed by atoms with van der Waals surface area (Å²) in [5.41, 5.74) is 6.16. The summed E-state index contributed by atoms with van der Waals surface area (Å²) in [5.74, 6) is -2.60. The molecule has 0 radical (unpaired) electrons. The molecule has 0 rings (SSSR count). The average molecular weight is 1040 g/mol. The molecule has 0 amide bonds. The van der Waals surface area contributed by atoms with E-state index in [1.54, 1.807) is 18.2 Å². The quantitative estimate of drug-likeness (QED) is 0.00981. The van der Waals surface area contributed by atoms with Crippen molar-refractivity contribution in [1.29, 1.82) is 0 Å². The van der Waals surface area contributed by atoms with Gasteiger partial charge in [-0.1, -0.05) is 145 Å². The molecule has 0 aromatic rings. The zero-order chi connectivity index (χ0) is 51.4. The van der Waals surface area contributed by atoms with Crippen molar-refractivity contribution in [3.8, 4) is 0 Å². The number of hydrogen-bond acceptors (Lipinski definition) is 14. The molecule has 0 saturated heterocycles. The second kappa shape index (κ2) is 44.0. The highest BCUT2D eigenvalue weighted by molar-refractivity contribution is 8.00. The first-order valence-electron chi connectivity index (χ1n) is 24.6. The van der Waals surface area contributed by atoms with Crippen molar-refractivity contribution in [1.82, 2.24) is 0 Å². The molecule has 20 heteroatoms. The summed E-state index contributed by atoms with van der Waals surface area (Å²) in [6.45, 7) is 1.13. The molecule has 0 saturated carbocycles. The molecule has 0 aromatic heterocycles. The number of phosphoric ester groups is 2. The van der Waals surface area contributed by atoms with Crippen LogP contribution in [-0.4, -0.2) is 110 Å². The second-order valence-corrected chi connectivity index (χ2v) is 20.5. The fraction of sp³-hybridized carbons (Fsp3) is 0.694. The molecule has 0 aliphatic heterocycles. The number of thioether (sulfide) groups is 1. The standard InChI is InChI=1S/C49H85NO16P2S/c1-3-5-7-9-11-13-15-17-18-19-20-21-23-25-27-29-31-36-48(55)66-43(40-65-68(60,61)64-38-42(51)37-63-67(57,58)59)39-62-49(56)44(50)41-69-46(45(52)33-32-35-47(53)54)34-30-28-26-24-22-16-14-12-10-8-6-4-2/h11-14,17-18,22,24,26,28,30,34,42-46,51-52H,3-10,15-16,19-21,23,25,27,29,31-33,35-41,50H2,1-2H3,(H,53,54)(H,60,61)(H2,57,58,59)/b13-11-,14-12-,18-17-,24-22-,28-26+,34-30+/t42-,43+,44-,45-,46+/m0/s1. The maximum absolute atomic E-state index is 13.1. The highest BCUT2D eigenvalue weighted by atomic mass is 32.2. The Morgan fingerprint density at radius 1 is 0.623 bits per heavy atom. The number of aliphatic hydroxyl groups is 2. The normalized spacial score (nSPS) is 15.7. The van der Waals surface area contributed by atoms with Crippen LogP contribution in [0.1, 0.15) is 155 Å². The first-order valence-corrected chi connectivity index (χ1v) is 28.6. The van der Waals surface area contributed by atoms with Gasteiger partial charge in [0.1, 0.15) is 18.8 Å². The van der Waals surface area contributed by atoms with Crippen molar-refractivity contribution in [2.24, 2.45) is 5.73 Å². The summed E-state index contributed by atoms with van der Waals surface area (Å²) in [6.07, 6.45) is 39.3. The number of aliphatic carboxylic acids is 1. The number of aliphatic hydroxyl groups excluding tert-OH is 2. The average Bonchev–Trinajstić information content (AvgIpc) is 3.30. The molecule has 0 spiro atoms. The van der Waals surface area contributed by atoms with Crippen LogP contribution in [0, 0.1) is 0 Å². The first-order chi connectivity index (χ1) is 33.0. The number of ether oxygens (including phenoxy) is 2. The Morgan fingerprint density at radius 2 is 1.16 bits per heavy atom. The predicted molar refractivity (Wildman–Crippen MR) is 272 cm³/mol. The lowest BCUT2D eigenvalue weighted by Gasteiger charge is -2.22. The van der Waals surface area contributed by atoms with Gasteiger partial charge >= 0.3 is 33.6 Å². The fourth-order valence-electron chi connectivity index (χ4n) is 6.17. The lowest BCUT2D eigenvalue weighted by Crippen LogP contribution is -2.38. The van der Waals surface area contributed by atoms with Crippen LogP contribution >= 0.6 is 27.4 Å². The Morgan fingerprint density at radius 3 is 1.75 bits per heavy atom. The smallest absolute Gasteiger partial charge is 0.472 e. The minimum atomic E-state index is -4.95. The summed E-state index contributed by atoms with van der Waals surface area (Å²) in [6, 6.07) is -1.23. The van der Waals surface area contributed by atoms with E-state index in [9.17, 15) is 38.6 Å². The van der Waals surface area contributed by atoms with Crippen LogP contribution in [-0.2, 0) is 46.6 Å². The molecule has 0 fully saturated rings. The van der Waals surface area contributed by atoms with Gasteiger partial charge in [-0.05, 0) is 70.6 Å². The number of allylic oxidation sites excluding steroid dienone is 11. The van der Waals surface area contributed by atoms with Crippen LogP contribution in [0.3, 0.4) is 0 Å². The lowest BCUT2D eigenvalue weighted by molar-refractivity contribution is -0.161. The van der Waals surface area contributed by atoms with E-state index in [0.717, 1.165) is 82.4 Å². The maximum Gasteiger partial charge on any atom is 0.472 e. The minimum absolute atomic E-state index is 0.0171. The third kappa shape index (κ3) is 44.9. The van der Waals surface area contributed by atoms with Gasteiger partial charge in [-0.3, -0.25) is 28.0 Å². The van der Waals surface area contributed by atoms with E-state index >= 15 is 0 Å². The monoisotopic (exact) mass is 1040 g/mol. The van der Waals surface area contributed by atoms with Gasteiger partial charge in [0, 0.05) is 23.8 Å². The molecular weight excluding hydrogens is 953 g/mol. The highest BCUT2D eigenvalue weighted by Crippen LogP contribution is 2.44. The van der Waals surface area contributed by atoms with Gasteiger partial charge in [-0.2, -0.15) is 0 Å². The number of carbonyl (C=O) groups is 3. The fourth-order valence-corrected chi connectivity index (χ4v) is 8.45. The second-order valence-electron chi connectivity index (χ2n) is 16.6. The summed E-state index contributed by atoms with van der Waals surface area (Å²) < 4.78 is 48.1. The molecule has 0 bridgehead atoms. The number of carboxylic acid groups (broad SMARTS) is 1. The topological polar surface area (TPSA) is 279 Å². The van der Waals surface area contributed by atoms with Crippen molar-refractivity contribution >= 4 is 45.3 Å².